The van der Waals surface area contributed by atoms with Crippen LogP contribution in [0.5, 0.6) is 0 Å². The van der Waals surface area contributed by atoms with Gasteiger partial charge in [-0.25, -0.2) is 0 Å². The van der Waals surface area contributed by atoms with Gasteiger partial charge in [0.25, 0.3) is 0 Å². The molecule has 0 aromatic rings. The molecule has 0 N–H and O–H groups in total. The third kappa shape index (κ3) is 3.27. The molecular weight excluding hydrogens is 184 g/mol. The highest BCUT2D eigenvalue weighted by Crippen LogP contribution is 2.19. The summed E-state index contributed by atoms with van der Waals surface area (Å²) in [5.74, 6) is 1.40. The van der Waals surface area contributed by atoms with Gasteiger partial charge in [-0.05, 0) is 31.9 Å². The number of methoxy groups -OCH3 is 1. The summed E-state index contributed by atoms with van der Waals surface area (Å²) in [5.41, 5.74) is 3.25. The highest BCUT2D eigenvalue weighted by atomic mass is 35.5. The molecule has 0 amide bonds. The average molecular weight is 201 g/mol. The van der Waals surface area contributed by atoms with E-state index in [2.05, 4.69) is 6.58 Å². The largest absolute Gasteiger partial charge is 0.496 e. The fraction of sp³-hybridized carbons (Fsp3) is 0.455. The quantitative estimate of drug-likeness (QED) is 0.382. The van der Waals surface area contributed by atoms with Gasteiger partial charge in [-0.2, -0.15) is 0 Å². The molecule has 0 aliphatic carbocycles. The van der Waals surface area contributed by atoms with E-state index in [1.165, 1.54) is 0 Å². The van der Waals surface area contributed by atoms with E-state index in [4.69, 9.17) is 16.3 Å². The minimum Gasteiger partial charge on any atom is -0.496 e. The Hall–Kier alpha value is -0.690. The zero-order valence-corrected chi connectivity index (χ0v) is 9.53. The minimum atomic E-state index is 0.531. The Labute approximate surface area is 85.7 Å². The van der Waals surface area contributed by atoms with Gasteiger partial charge in [-0.15, -0.1) is 11.6 Å². The molecule has 74 valence electrons. The zero-order chi connectivity index (χ0) is 10.4. The second-order valence-corrected chi connectivity index (χ2v) is 3.23. The summed E-state index contributed by atoms with van der Waals surface area (Å²) in [6.45, 7) is 9.67. The summed E-state index contributed by atoms with van der Waals surface area (Å²) >= 11 is 5.73. The smallest absolute Gasteiger partial charge is 0.124 e. The Morgan fingerprint density at radius 1 is 1.38 bits per heavy atom. The number of alkyl halides is 1. The Morgan fingerprint density at radius 2 is 1.92 bits per heavy atom. The van der Waals surface area contributed by atoms with Gasteiger partial charge in [-0.3, -0.25) is 0 Å². The molecule has 2 heteroatoms. The van der Waals surface area contributed by atoms with Gasteiger partial charge in [0.2, 0.25) is 0 Å². The van der Waals surface area contributed by atoms with Crippen molar-refractivity contribution in [2.75, 3.05) is 13.0 Å². The molecule has 0 saturated carbocycles. The molecule has 0 spiro atoms. The molecule has 0 aromatic heterocycles. The van der Waals surface area contributed by atoms with Crippen LogP contribution in [-0.4, -0.2) is 13.0 Å². The molecule has 0 aliphatic rings. The van der Waals surface area contributed by atoms with Crippen LogP contribution >= 0.6 is 11.6 Å². The molecule has 0 radical (unpaired) electrons. The summed E-state index contributed by atoms with van der Waals surface area (Å²) in [6.07, 6.45) is 1.78. The van der Waals surface area contributed by atoms with Gasteiger partial charge in [0.05, 0.1) is 7.11 Å². The topological polar surface area (TPSA) is 9.23 Å². The summed E-state index contributed by atoms with van der Waals surface area (Å²) in [5, 5.41) is 0. The van der Waals surface area contributed by atoms with E-state index in [-0.39, 0.29) is 0 Å². The van der Waals surface area contributed by atoms with E-state index >= 15 is 0 Å². The monoisotopic (exact) mass is 200 g/mol. The highest BCUT2D eigenvalue weighted by molar-refractivity contribution is 6.19. The van der Waals surface area contributed by atoms with Crippen molar-refractivity contribution in [2.24, 2.45) is 0 Å². The van der Waals surface area contributed by atoms with Crippen LogP contribution in [0.25, 0.3) is 0 Å². The van der Waals surface area contributed by atoms with Crippen LogP contribution in [0.2, 0.25) is 0 Å². The van der Waals surface area contributed by atoms with E-state index in [9.17, 15) is 0 Å². The molecule has 0 saturated heterocycles. The Balaban J connectivity index is 5.12. The van der Waals surface area contributed by atoms with Crippen LogP contribution in [0.4, 0.5) is 0 Å². The van der Waals surface area contributed by atoms with Crippen molar-refractivity contribution in [2.45, 2.75) is 20.8 Å². The Bertz CT molecular complexity index is 249. The third-order valence-electron chi connectivity index (χ3n) is 2.05. The molecule has 0 fully saturated rings. The number of hydrogen-bond acceptors (Lipinski definition) is 1. The number of ether oxygens (including phenoxy) is 1. The maximum atomic E-state index is 5.73. The number of halogens is 1. The molecular formula is C11H17ClO. The molecule has 0 heterocycles. The van der Waals surface area contributed by atoms with Crippen LogP contribution in [0.15, 0.2) is 35.1 Å². The molecule has 0 aliphatic heterocycles. The molecule has 0 unspecified atom stereocenters. The lowest BCUT2D eigenvalue weighted by atomic mass is 10.1. The van der Waals surface area contributed by atoms with Crippen LogP contribution in [-0.2, 0) is 4.74 Å². The van der Waals surface area contributed by atoms with Crippen LogP contribution in [0, 0.1) is 0 Å². The lowest BCUT2D eigenvalue weighted by molar-refractivity contribution is 0.297. The molecule has 0 aromatic carbocycles. The second kappa shape index (κ2) is 5.87. The molecule has 0 rings (SSSR count). The number of rotatable bonds is 4. The summed E-state index contributed by atoms with van der Waals surface area (Å²) in [7, 11) is 1.66. The van der Waals surface area contributed by atoms with Crippen molar-refractivity contribution >= 4 is 11.6 Å². The van der Waals surface area contributed by atoms with Gasteiger partial charge in [0.1, 0.15) is 5.76 Å². The van der Waals surface area contributed by atoms with Gasteiger partial charge < -0.3 is 4.74 Å². The van der Waals surface area contributed by atoms with Crippen molar-refractivity contribution in [1.82, 2.24) is 0 Å². The Morgan fingerprint density at radius 3 is 2.23 bits per heavy atom. The van der Waals surface area contributed by atoms with Gasteiger partial charge in [-0.1, -0.05) is 18.2 Å². The Kier molecular flexibility index (Phi) is 5.56. The fourth-order valence-electron chi connectivity index (χ4n) is 0.997. The maximum Gasteiger partial charge on any atom is 0.124 e. The SMILES string of the molecule is C=C/C(C)=C(OC)\C(C)=C(/C)CCl. The molecule has 13 heavy (non-hydrogen) atoms. The highest BCUT2D eigenvalue weighted by Gasteiger charge is 2.05. The first-order valence-electron chi connectivity index (χ1n) is 4.18. The maximum absolute atomic E-state index is 5.73. The summed E-state index contributed by atoms with van der Waals surface area (Å²) < 4.78 is 5.28. The number of hydrogen-bond donors (Lipinski definition) is 0. The van der Waals surface area contributed by atoms with Crippen molar-refractivity contribution in [1.29, 1.82) is 0 Å². The molecule has 0 atom stereocenters. The lowest BCUT2D eigenvalue weighted by Crippen LogP contribution is -1.96. The first-order valence-corrected chi connectivity index (χ1v) is 4.71. The van der Waals surface area contributed by atoms with E-state index in [0.29, 0.717) is 5.88 Å². The third-order valence-corrected chi connectivity index (χ3v) is 2.45. The van der Waals surface area contributed by atoms with Gasteiger partial charge >= 0.3 is 0 Å². The molecule has 0 bridgehead atoms. The van der Waals surface area contributed by atoms with E-state index < -0.39 is 0 Å². The fourth-order valence-corrected chi connectivity index (χ4v) is 1.20. The zero-order valence-electron chi connectivity index (χ0n) is 8.78. The summed E-state index contributed by atoms with van der Waals surface area (Å²) in [4.78, 5) is 0. The normalized spacial score (nSPS) is 14.5. The van der Waals surface area contributed by atoms with Crippen LogP contribution in [0.3, 0.4) is 0 Å². The van der Waals surface area contributed by atoms with E-state index in [1.807, 2.05) is 20.8 Å². The van der Waals surface area contributed by atoms with Crippen molar-refractivity contribution < 1.29 is 4.74 Å². The summed E-state index contributed by atoms with van der Waals surface area (Å²) in [6, 6.07) is 0. The standard InChI is InChI=1S/C11H17ClO/c1-6-8(2)11(13-5)10(4)9(3)7-12/h6H,1,7H2,2-5H3/b10-9+,11-8+. The van der Waals surface area contributed by atoms with Crippen molar-refractivity contribution in [3.8, 4) is 0 Å². The second-order valence-electron chi connectivity index (χ2n) is 2.96. The minimum absolute atomic E-state index is 0.531. The van der Waals surface area contributed by atoms with Crippen molar-refractivity contribution in [3.05, 3.63) is 35.1 Å². The molecule has 1 nitrogen and oxygen atoms in total. The lowest BCUT2D eigenvalue weighted by Gasteiger charge is -2.11. The van der Waals surface area contributed by atoms with Crippen LogP contribution < -0.4 is 0 Å². The van der Waals surface area contributed by atoms with Crippen molar-refractivity contribution in [3.63, 3.8) is 0 Å². The van der Waals surface area contributed by atoms with Gasteiger partial charge in [0.15, 0.2) is 0 Å². The predicted molar refractivity (Wildman–Crippen MR) is 59.0 cm³/mol. The van der Waals surface area contributed by atoms with E-state index in [1.54, 1.807) is 13.2 Å². The first-order chi connectivity index (χ1) is 6.08. The predicted octanol–water partition coefficient (Wildman–Crippen LogP) is 3.67. The number of allylic oxidation sites excluding steroid dienone is 4. The van der Waals surface area contributed by atoms with Gasteiger partial charge in [0, 0.05) is 5.88 Å². The van der Waals surface area contributed by atoms with E-state index in [0.717, 1.165) is 22.5 Å². The average Bonchev–Trinajstić information content (AvgIpc) is 2.17. The first kappa shape index (κ1) is 12.3. The van der Waals surface area contributed by atoms with Crippen LogP contribution in [0.1, 0.15) is 20.8 Å².